The first-order valence-electron chi connectivity index (χ1n) is 8.18. The third-order valence-electron chi connectivity index (χ3n) is 4.95. The zero-order valence-electron chi connectivity index (χ0n) is 13.2. The molecule has 2 fully saturated rings. The number of nitrogens with zero attached hydrogens (tertiary/aromatic N) is 2. The van der Waals surface area contributed by atoms with E-state index in [1.54, 1.807) is 4.90 Å². The number of hydrogen-bond donors (Lipinski definition) is 2. The molecule has 1 saturated heterocycles. The van der Waals surface area contributed by atoms with Crippen LogP contribution in [0.15, 0.2) is 30.3 Å². The van der Waals surface area contributed by atoms with Gasteiger partial charge in [0.15, 0.2) is 6.23 Å². The van der Waals surface area contributed by atoms with Gasteiger partial charge in [-0.3, -0.25) is 9.80 Å². The smallest absolute Gasteiger partial charge is 0.321 e. The second-order valence-electron chi connectivity index (χ2n) is 6.41. The normalized spacial score (nSPS) is 23.5. The van der Waals surface area contributed by atoms with Gasteiger partial charge in [-0.2, -0.15) is 0 Å². The van der Waals surface area contributed by atoms with Crippen molar-refractivity contribution < 1.29 is 9.90 Å². The van der Waals surface area contributed by atoms with Crippen molar-refractivity contribution in [2.45, 2.75) is 50.9 Å². The molecule has 1 aromatic rings. The molecule has 2 amide bonds. The Morgan fingerprint density at radius 3 is 2.64 bits per heavy atom. The highest BCUT2D eigenvalue weighted by Gasteiger charge is 2.52. The SMILES string of the molecule is CCN(Cc1ccccc1)CN1C(=O)NC2(CCCC2)C1O. The second-order valence-corrected chi connectivity index (χ2v) is 6.41. The number of nitrogens with one attached hydrogen (secondary N) is 1. The van der Waals surface area contributed by atoms with Gasteiger partial charge in [-0.25, -0.2) is 4.79 Å². The molecule has 1 aromatic carbocycles. The van der Waals surface area contributed by atoms with Crippen LogP contribution in [0.5, 0.6) is 0 Å². The van der Waals surface area contributed by atoms with Crippen LogP contribution in [0.1, 0.15) is 38.2 Å². The summed E-state index contributed by atoms with van der Waals surface area (Å²) < 4.78 is 0. The topological polar surface area (TPSA) is 55.8 Å². The predicted octanol–water partition coefficient (Wildman–Crippen LogP) is 2.12. The molecule has 0 radical (unpaired) electrons. The summed E-state index contributed by atoms with van der Waals surface area (Å²) in [4.78, 5) is 16.0. The maximum Gasteiger partial charge on any atom is 0.321 e. The van der Waals surface area contributed by atoms with E-state index < -0.39 is 11.8 Å². The molecule has 1 saturated carbocycles. The van der Waals surface area contributed by atoms with Crippen LogP contribution in [0.25, 0.3) is 0 Å². The van der Waals surface area contributed by atoms with E-state index in [9.17, 15) is 9.90 Å². The fourth-order valence-corrected chi connectivity index (χ4v) is 3.61. The van der Waals surface area contributed by atoms with Gasteiger partial charge in [0, 0.05) is 6.54 Å². The van der Waals surface area contributed by atoms with Gasteiger partial charge in [0.2, 0.25) is 0 Å². The lowest BCUT2D eigenvalue weighted by molar-refractivity contribution is -0.0204. The minimum atomic E-state index is -0.715. The molecule has 1 spiro atoms. The molecule has 1 aliphatic carbocycles. The van der Waals surface area contributed by atoms with E-state index in [4.69, 9.17) is 0 Å². The van der Waals surface area contributed by atoms with Crippen LogP contribution in [-0.4, -0.2) is 45.9 Å². The van der Waals surface area contributed by atoms with E-state index in [-0.39, 0.29) is 6.03 Å². The highest BCUT2D eigenvalue weighted by Crippen LogP contribution is 2.37. The molecule has 5 heteroatoms. The first-order valence-corrected chi connectivity index (χ1v) is 8.18. The van der Waals surface area contributed by atoms with Gasteiger partial charge < -0.3 is 10.4 Å². The number of aliphatic hydroxyl groups is 1. The number of amides is 2. The second kappa shape index (κ2) is 6.26. The lowest BCUT2D eigenvalue weighted by Gasteiger charge is -2.32. The molecule has 2 N–H and O–H groups in total. The van der Waals surface area contributed by atoms with Crippen molar-refractivity contribution in [1.82, 2.24) is 15.1 Å². The maximum absolute atomic E-state index is 12.3. The summed E-state index contributed by atoms with van der Waals surface area (Å²) in [7, 11) is 0. The lowest BCUT2D eigenvalue weighted by atomic mass is 9.97. The molecule has 3 rings (SSSR count). The molecular weight excluding hydrogens is 278 g/mol. The van der Waals surface area contributed by atoms with Crippen molar-refractivity contribution in [3.05, 3.63) is 35.9 Å². The van der Waals surface area contributed by atoms with Crippen LogP contribution in [-0.2, 0) is 6.54 Å². The highest BCUT2D eigenvalue weighted by atomic mass is 16.3. The number of hydrogen-bond acceptors (Lipinski definition) is 3. The largest absolute Gasteiger partial charge is 0.371 e. The highest BCUT2D eigenvalue weighted by molar-refractivity contribution is 5.78. The summed E-state index contributed by atoms with van der Waals surface area (Å²) in [5.74, 6) is 0. The fourth-order valence-electron chi connectivity index (χ4n) is 3.61. The molecule has 1 unspecified atom stereocenters. The number of carbonyl (C=O) groups is 1. The molecule has 5 nitrogen and oxygen atoms in total. The Balaban J connectivity index is 1.67. The zero-order chi connectivity index (χ0) is 15.6. The van der Waals surface area contributed by atoms with Gasteiger partial charge in [-0.1, -0.05) is 50.1 Å². The Hall–Kier alpha value is -1.59. The monoisotopic (exact) mass is 303 g/mol. The van der Waals surface area contributed by atoms with E-state index in [2.05, 4.69) is 29.3 Å². The number of rotatable bonds is 5. The number of benzene rings is 1. The Labute approximate surface area is 131 Å². The lowest BCUT2D eigenvalue weighted by Crippen LogP contribution is -2.49. The average Bonchev–Trinajstić information content (AvgIpc) is 3.08. The predicted molar refractivity (Wildman–Crippen MR) is 85.0 cm³/mol. The van der Waals surface area contributed by atoms with E-state index in [1.807, 2.05) is 18.2 Å². The fraction of sp³-hybridized carbons (Fsp3) is 0.588. The molecule has 22 heavy (non-hydrogen) atoms. The van der Waals surface area contributed by atoms with Crippen molar-refractivity contribution in [2.75, 3.05) is 13.2 Å². The molecule has 1 aliphatic heterocycles. The minimum absolute atomic E-state index is 0.138. The maximum atomic E-state index is 12.3. The van der Waals surface area contributed by atoms with Gasteiger partial charge in [0.25, 0.3) is 0 Å². The molecule has 0 bridgehead atoms. The minimum Gasteiger partial charge on any atom is -0.371 e. The van der Waals surface area contributed by atoms with Gasteiger partial charge in [-0.15, -0.1) is 0 Å². The quantitative estimate of drug-likeness (QED) is 0.876. The molecule has 120 valence electrons. The van der Waals surface area contributed by atoms with E-state index in [0.29, 0.717) is 6.67 Å². The summed E-state index contributed by atoms with van der Waals surface area (Å²) in [6, 6.07) is 10.1. The zero-order valence-corrected chi connectivity index (χ0v) is 13.2. The number of carbonyl (C=O) groups excluding carboxylic acids is 1. The van der Waals surface area contributed by atoms with E-state index in [1.165, 1.54) is 5.56 Å². The Morgan fingerprint density at radius 2 is 2.00 bits per heavy atom. The van der Waals surface area contributed by atoms with Gasteiger partial charge in [0.05, 0.1) is 12.2 Å². The van der Waals surface area contributed by atoms with Crippen LogP contribution in [0.4, 0.5) is 4.79 Å². The first-order chi connectivity index (χ1) is 10.6. The Morgan fingerprint density at radius 1 is 1.32 bits per heavy atom. The Kier molecular flexibility index (Phi) is 4.36. The van der Waals surface area contributed by atoms with Crippen LogP contribution < -0.4 is 5.32 Å². The van der Waals surface area contributed by atoms with E-state index in [0.717, 1.165) is 38.8 Å². The average molecular weight is 303 g/mol. The third-order valence-corrected chi connectivity index (χ3v) is 4.95. The third kappa shape index (κ3) is 2.83. The molecule has 0 aromatic heterocycles. The molecular formula is C17H25N3O2. The van der Waals surface area contributed by atoms with Gasteiger partial charge in [-0.05, 0) is 24.9 Å². The molecule has 2 aliphatic rings. The van der Waals surface area contributed by atoms with Gasteiger partial charge >= 0.3 is 6.03 Å². The van der Waals surface area contributed by atoms with Crippen LogP contribution in [0.3, 0.4) is 0 Å². The van der Waals surface area contributed by atoms with E-state index >= 15 is 0 Å². The van der Waals surface area contributed by atoms with Crippen LogP contribution >= 0.6 is 0 Å². The van der Waals surface area contributed by atoms with Crippen molar-refractivity contribution >= 4 is 6.03 Å². The summed E-state index contributed by atoms with van der Waals surface area (Å²) in [5.41, 5.74) is 0.803. The summed E-state index contributed by atoms with van der Waals surface area (Å²) in [5, 5.41) is 13.7. The van der Waals surface area contributed by atoms with Crippen molar-refractivity contribution in [1.29, 1.82) is 0 Å². The Bertz CT molecular complexity index is 514. The van der Waals surface area contributed by atoms with Crippen molar-refractivity contribution in [2.24, 2.45) is 0 Å². The standard InChI is InChI=1S/C17H25N3O2/c1-2-19(12-14-8-4-3-5-9-14)13-20-15(21)17(18-16(20)22)10-6-7-11-17/h3-5,8-9,15,21H,2,6-7,10-13H2,1H3,(H,18,22). The van der Waals surface area contributed by atoms with Gasteiger partial charge in [0.1, 0.15) is 0 Å². The number of aliphatic hydroxyl groups excluding tert-OH is 1. The van der Waals surface area contributed by atoms with Crippen molar-refractivity contribution in [3.63, 3.8) is 0 Å². The molecule has 1 atom stereocenters. The van der Waals surface area contributed by atoms with Crippen LogP contribution in [0.2, 0.25) is 0 Å². The first kappa shape index (κ1) is 15.3. The van der Waals surface area contributed by atoms with Crippen molar-refractivity contribution in [3.8, 4) is 0 Å². The summed E-state index contributed by atoms with van der Waals surface area (Å²) in [6.45, 7) is 4.15. The molecule has 1 heterocycles. The van der Waals surface area contributed by atoms with Crippen LogP contribution in [0, 0.1) is 0 Å². The number of urea groups is 1. The summed E-state index contributed by atoms with van der Waals surface area (Å²) >= 11 is 0. The summed E-state index contributed by atoms with van der Waals surface area (Å²) in [6.07, 6.45) is 3.19.